The van der Waals surface area contributed by atoms with Gasteiger partial charge in [0.15, 0.2) is 5.76 Å². The first-order valence-electron chi connectivity index (χ1n) is 8.09. The second kappa shape index (κ2) is 6.47. The van der Waals surface area contributed by atoms with Crippen molar-refractivity contribution < 1.29 is 19.1 Å². The van der Waals surface area contributed by atoms with Crippen LogP contribution >= 0.6 is 0 Å². The number of hydrogen-bond acceptors (Lipinski definition) is 4. The maximum atomic E-state index is 12.6. The zero-order chi connectivity index (χ0) is 17.2. The molecule has 2 N–H and O–H groups in total. The van der Waals surface area contributed by atoms with E-state index in [0.29, 0.717) is 35.6 Å². The number of carboxylic acid groups (broad SMARTS) is 1. The molecule has 0 aromatic carbocycles. The Morgan fingerprint density at radius 2 is 1.96 bits per heavy atom. The highest BCUT2D eigenvalue weighted by Crippen LogP contribution is 2.29. The van der Waals surface area contributed by atoms with Gasteiger partial charge in [-0.25, -0.2) is 9.78 Å². The fourth-order valence-corrected chi connectivity index (χ4v) is 3.19. The third-order valence-corrected chi connectivity index (χ3v) is 4.57. The Labute approximate surface area is 139 Å². The molecule has 0 radical (unpaired) electrons. The molecule has 1 fully saturated rings. The summed E-state index contributed by atoms with van der Waals surface area (Å²) in [5.74, 6) is -0.733. The number of carboxylic acids is 1. The number of nitrogens with one attached hydrogen (secondary N) is 1. The molecule has 0 saturated heterocycles. The Kier molecular flexibility index (Phi) is 4.38. The molecule has 2 heterocycles. The van der Waals surface area contributed by atoms with Crippen LogP contribution in [0.5, 0.6) is 0 Å². The van der Waals surface area contributed by atoms with Gasteiger partial charge in [0.25, 0.3) is 5.91 Å². The summed E-state index contributed by atoms with van der Waals surface area (Å²) in [7, 11) is 0. The number of carbonyl (C=O) groups is 2. The number of nitrogens with zero attached hydrogens (tertiary/aromatic N) is 1. The van der Waals surface area contributed by atoms with Gasteiger partial charge in [0.2, 0.25) is 0 Å². The van der Waals surface area contributed by atoms with Crippen LogP contribution in [0.1, 0.15) is 48.2 Å². The molecule has 1 aliphatic rings. The monoisotopic (exact) mass is 328 g/mol. The number of furan rings is 1. The highest BCUT2D eigenvalue weighted by molar-refractivity contribution is 5.98. The molecule has 0 bridgehead atoms. The topological polar surface area (TPSA) is 92.4 Å². The molecule has 2 aromatic rings. The molecule has 0 aliphatic heterocycles. The lowest BCUT2D eigenvalue weighted by Crippen LogP contribution is -2.55. The highest BCUT2D eigenvalue weighted by Gasteiger charge is 2.41. The Hall–Kier alpha value is -2.63. The van der Waals surface area contributed by atoms with Crippen molar-refractivity contribution in [2.24, 2.45) is 0 Å². The minimum Gasteiger partial charge on any atom is -0.480 e. The first-order chi connectivity index (χ1) is 11.5. The number of hydrogen-bond donors (Lipinski definition) is 2. The summed E-state index contributed by atoms with van der Waals surface area (Å²) in [4.78, 5) is 28.7. The van der Waals surface area contributed by atoms with Gasteiger partial charge in [-0.2, -0.15) is 0 Å². The van der Waals surface area contributed by atoms with Gasteiger partial charge in [-0.15, -0.1) is 0 Å². The van der Waals surface area contributed by atoms with Gasteiger partial charge in [0.1, 0.15) is 11.2 Å². The molecular formula is C18H20N2O4. The van der Waals surface area contributed by atoms with E-state index in [0.717, 1.165) is 19.3 Å². The van der Waals surface area contributed by atoms with Gasteiger partial charge < -0.3 is 14.8 Å². The first-order valence-corrected chi connectivity index (χ1v) is 8.09. The fourth-order valence-electron chi connectivity index (χ4n) is 3.19. The predicted molar refractivity (Wildman–Crippen MR) is 87.6 cm³/mol. The van der Waals surface area contributed by atoms with E-state index in [4.69, 9.17) is 4.42 Å². The minimum atomic E-state index is -1.17. The van der Waals surface area contributed by atoms with Crippen LogP contribution in [0.4, 0.5) is 0 Å². The number of rotatable bonds is 4. The number of amides is 1. The van der Waals surface area contributed by atoms with Crippen molar-refractivity contribution >= 4 is 11.9 Å². The molecule has 0 atom stereocenters. The van der Waals surface area contributed by atoms with E-state index >= 15 is 0 Å². The third kappa shape index (κ3) is 3.04. The van der Waals surface area contributed by atoms with Gasteiger partial charge in [-0.1, -0.05) is 19.3 Å². The standard InChI is InChI=1S/C18H20N2O4/c1-12-13(7-8-14(19-12)15-6-5-11-24-15)16(21)20-18(17(22)23)9-3-2-4-10-18/h5-8,11H,2-4,9-10H2,1H3,(H,20,21)(H,22,23). The second-order valence-electron chi connectivity index (χ2n) is 6.21. The highest BCUT2D eigenvalue weighted by atomic mass is 16.4. The predicted octanol–water partition coefficient (Wildman–Crippen LogP) is 3.17. The molecular weight excluding hydrogens is 308 g/mol. The summed E-state index contributed by atoms with van der Waals surface area (Å²) in [6.45, 7) is 1.73. The van der Waals surface area contributed by atoms with E-state index in [1.54, 1.807) is 37.5 Å². The van der Waals surface area contributed by atoms with Crippen molar-refractivity contribution in [3.8, 4) is 11.5 Å². The van der Waals surface area contributed by atoms with Crippen molar-refractivity contribution in [2.45, 2.75) is 44.6 Å². The largest absolute Gasteiger partial charge is 0.480 e. The van der Waals surface area contributed by atoms with E-state index in [9.17, 15) is 14.7 Å². The van der Waals surface area contributed by atoms with Gasteiger partial charge >= 0.3 is 5.97 Å². The molecule has 1 saturated carbocycles. The molecule has 24 heavy (non-hydrogen) atoms. The van der Waals surface area contributed by atoms with Crippen LogP contribution in [0.15, 0.2) is 34.9 Å². The van der Waals surface area contributed by atoms with Crippen molar-refractivity contribution in [3.05, 3.63) is 41.8 Å². The average molecular weight is 328 g/mol. The van der Waals surface area contributed by atoms with Crippen LogP contribution in [-0.4, -0.2) is 27.5 Å². The summed E-state index contributed by atoms with van der Waals surface area (Å²) >= 11 is 0. The zero-order valence-electron chi connectivity index (χ0n) is 13.5. The SMILES string of the molecule is Cc1nc(-c2ccco2)ccc1C(=O)NC1(C(=O)O)CCCCC1. The van der Waals surface area contributed by atoms with E-state index in [1.807, 2.05) is 0 Å². The van der Waals surface area contributed by atoms with E-state index in [1.165, 1.54) is 0 Å². The van der Waals surface area contributed by atoms with Crippen LogP contribution in [0, 0.1) is 6.92 Å². The summed E-state index contributed by atoms with van der Waals surface area (Å²) < 4.78 is 5.30. The van der Waals surface area contributed by atoms with Crippen molar-refractivity contribution in [3.63, 3.8) is 0 Å². The number of aromatic nitrogens is 1. The minimum absolute atomic E-state index is 0.386. The molecule has 1 amide bonds. The molecule has 3 rings (SSSR count). The number of carbonyl (C=O) groups excluding carboxylic acids is 1. The summed E-state index contributed by atoms with van der Waals surface area (Å²) in [6.07, 6.45) is 5.11. The molecule has 6 heteroatoms. The van der Waals surface area contributed by atoms with Crippen LogP contribution in [0.25, 0.3) is 11.5 Å². The van der Waals surface area contributed by atoms with Crippen LogP contribution in [0.3, 0.4) is 0 Å². The van der Waals surface area contributed by atoms with Gasteiger partial charge in [0, 0.05) is 0 Å². The Bertz CT molecular complexity index is 746. The summed E-state index contributed by atoms with van der Waals surface area (Å²) in [5.41, 5.74) is 0.399. The third-order valence-electron chi connectivity index (χ3n) is 4.57. The maximum Gasteiger partial charge on any atom is 0.329 e. The number of aryl methyl sites for hydroxylation is 1. The van der Waals surface area contributed by atoms with Gasteiger partial charge in [-0.3, -0.25) is 4.79 Å². The lowest BCUT2D eigenvalue weighted by Gasteiger charge is -2.34. The van der Waals surface area contributed by atoms with Crippen molar-refractivity contribution in [1.29, 1.82) is 0 Å². The van der Waals surface area contributed by atoms with Crippen LogP contribution in [0.2, 0.25) is 0 Å². The second-order valence-corrected chi connectivity index (χ2v) is 6.21. The van der Waals surface area contributed by atoms with Crippen LogP contribution in [-0.2, 0) is 4.79 Å². The molecule has 0 spiro atoms. The average Bonchev–Trinajstić information content (AvgIpc) is 3.09. The van der Waals surface area contributed by atoms with E-state index in [2.05, 4.69) is 10.3 Å². The number of aliphatic carboxylic acids is 1. The molecule has 2 aromatic heterocycles. The van der Waals surface area contributed by atoms with Crippen molar-refractivity contribution in [1.82, 2.24) is 10.3 Å². The van der Waals surface area contributed by atoms with Crippen LogP contribution < -0.4 is 5.32 Å². The normalized spacial score (nSPS) is 16.5. The van der Waals surface area contributed by atoms with E-state index < -0.39 is 17.4 Å². The summed E-state index contributed by atoms with van der Waals surface area (Å²) in [5, 5.41) is 12.3. The number of pyridine rings is 1. The lowest BCUT2D eigenvalue weighted by atomic mass is 9.81. The van der Waals surface area contributed by atoms with Crippen molar-refractivity contribution in [2.75, 3.05) is 0 Å². The molecule has 126 valence electrons. The maximum absolute atomic E-state index is 12.6. The van der Waals surface area contributed by atoms with Gasteiger partial charge in [-0.05, 0) is 44.0 Å². The first kappa shape index (κ1) is 16.2. The Balaban J connectivity index is 1.83. The molecule has 0 unspecified atom stereocenters. The van der Waals surface area contributed by atoms with E-state index in [-0.39, 0.29) is 0 Å². The van der Waals surface area contributed by atoms with Gasteiger partial charge in [0.05, 0.1) is 17.5 Å². The fraction of sp³-hybridized carbons (Fsp3) is 0.389. The summed E-state index contributed by atoms with van der Waals surface area (Å²) in [6, 6.07) is 6.93. The molecule has 1 aliphatic carbocycles. The zero-order valence-corrected chi connectivity index (χ0v) is 13.5. The smallest absolute Gasteiger partial charge is 0.329 e. The Morgan fingerprint density at radius 3 is 2.54 bits per heavy atom. The Morgan fingerprint density at radius 1 is 1.21 bits per heavy atom. The lowest BCUT2D eigenvalue weighted by molar-refractivity contribution is -0.145. The quantitative estimate of drug-likeness (QED) is 0.899. The molecule has 6 nitrogen and oxygen atoms in total.